The molecule has 127 valence electrons. The van der Waals surface area contributed by atoms with Crippen LogP contribution in [0, 0.1) is 5.82 Å². The van der Waals surface area contributed by atoms with E-state index in [1.165, 1.54) is 30.5 Å². The number of anilines is 1. The summed E-state index contributed by atoms with van der Waals surface area (Å²) in [5.74, 6) is -1.43. The Hall–Kier alpha value is -2.43. The summed E-state index contributed by atoms with van der Waals surface area (Å²) in [5.41, 5.74) is 0.389. The van der Waals surface area contributed by atoms with E-state index in [9.17, 15) is 17.6 Å². The maximum atomic E-state index is 13.8. The molecule has 0 saturated carbocycles. The van der Waals surface area contributed by atoms with Crippen LogP contribution in [0.4, 0.5) is 10.3 Å². The summed E-state index contributed by atoms with van der Waals surface area (Å²) in [6.07, 6.45) is 3.14. The SMILES string of the molecule is O=[C]C(c1ccnc(NCCNS(=O)(=O)O)n1)c1ccccc1F. The van der Waals surface area contributed by atoms with E-state index >= 15 is 0 Å². The minimum atomic E-state index is -4.27. The molecular formula is C14H14FN4O4S. The molecule has 1 aromatic heterocycles. The molecule has 0 fully saturated rings. The first-order chi connectivity index (χ1) is 11.4. The lowest BCUT2D eigenvalue weighted by molar-refractivity contribution is 0.469. The molecule has 1 atom stereocenters. The van der Waals surface area contributed by atoms with Gasteiger partial charge in [0.1, 0.15) is 5.82 Å². The predicted molar refractivity (Wildman–Crippen MR) is 84.0 cm³/mol. The molecule has 8 nitrogen and oxygen atoms in total. The second-order valence-corrected chi connectivity index (χ2v) is 5.91. The molecule has 0 amide bonds. The van der Waals surface area contributed by atoms with Crippen LogP contribution in [-0.4, -0.2) is 42.3 Å². The smallest absolute Gasteiger partial charge is 0.333 e. The number of hydrogen-bond donors (Lipinski definition) is 3. The number of carbonyl (C=O) groups excluding carboxylic acids is 1. The van der Waals surface area contributed by atoms with Gasteiger partial charge in [-0.2, -0.15) is 13.1 Å². The van der Waals surface area contributed by atoms with E-state index < -0.39 is 22.0 Å². The van der Waals surface area contributed by atoms with Gasteiger partial charge < -0.3 is 5.32 Å². The van der Waals surface area contributed by atoms with Gasteiger partial charge in [-0.25, -0.2) is 14.4 Å². The molecule has 0 spiro atoms. The van der Waals surface area contributed by atoms with Gasteiger partial charge in [-0.3, -0.25) is 9.35 Å². The van der Waals surface area contributed by atoms with Crippen LogP contribution in [0.1, 0.15) is 17.2 Å². The number of halogens is 1. The minimum Gasteiger partial charge on any atom is -0.353 e. The van der Waals surface area contributed by atoms with Crippen LogP contribution >= 0.6 is 0 Å². The van der Waals surface area contributed by atoms with Gasteiger partial charge in [0, 0.05) is 24.8 Å². The molecular weight excluding hydrogens is 339 g/mol. The Labute approximate surface area is 138 Å². The first-order valence-electron chi connectivity index (χ1n) is 6.81. The van der Waals surface area contributed by atoms with Crippen molar-refractivity contribution in [2.24, 2.45) is 0 Å². The number of aromatic nitrogens is 2. The first kappa shape index (κ1) is 17.9. The van der Waals surface area contributed by atoms with E-state index in [2.05, 4.69) is 15.3 Å². The van der Waals surface area contributed by atoms with Gasteiger partial charge in [0.05, 0.1) is 11.6 Å². The highest BCUT2D eigenvalue weighted by atomic mass is 32.2. The third-order valence-electron chi connectivity index (χ3n) is 3.00. The van der Waals surface area contributed by atoms with Crippen molar-refractivity contribution in [3.63, 3.8) is 0 Å². The topological polar surface area (TPSA) is 121 Å². The molecule has 24 heavy (non-hydrogen) atoms. The summed E-state index contributed by atoms with van der Waals surface area (Å²) in [7, 11) is -4.27. The highest BCUT2D eigenvalue weighted by Crippen LogP contribution is 2.23. The number of hydrogen-bond acceptors (Lipinski definition) is 6. The maximum Gasteiger partial charge on any atom is 0.333 e. The van der Waals surface area contributed by atoms with Gasteiger partial charge in [-0.05, 0) is 12.1 Å². The summed E-state index contributed by atoms with van der Waals surface area (Å²) in [4.78, 5) is 19.3. The number of benzene rings is 1. The van der Waals surface area contributed by atoms with E-state index in [0.717, 1.165) is 0 Å². The average Bonchev–Trinajstić information content (AvgIpc) is 2.54. The molecule has 1 radical (unpaired) electrons. The summed E-state index contributed by atoms with van der Waals surface area (Å²) in [5, 5.41) is 2.72. The largest absolute Gasteiger partial charge is 0.353 e. The molecule has 1 heterocycles. The molecule has 2 rings (SSSR count). The van der Waals surface area contributed by atoms with Gasteiger partial charge in [0.25, 0.3) is 0 Å². The predicted octanol–water partition coefficient (Wildman–Crippen LogP) is 0.662. The monoisotopic (exact) mass is 353 g/mol. The Morgan fingerprint density at radius 3 is 2.67 bits per heavy atom. The van der Waals surface area contributed by atoms with E-state index in [-0.39, 0.29) is 30.3 Å². The molecule has 1 aromatic carbocycles. The van der Waals surface area contributed by atoms with Crippen LogP contribution in [-0.2, 0) is 15.1 Å². The Kier molecular flexibility index (Phi) is 5.90. The number of nitrogens with one attached hydrogen (secondary N) is 2. The minimum absolute atomic E-state index is 0.0943. The average molecular weight is 353 g/mol. The van der Waals surface area contributed by atoms with Gasteiger partial charge in [-0.1, -0.05) is 18.2 Å². The number of nitrogens with zero attached hydrogens (tertiary/aromatic N) is 2. The maximum absolute atomic E-state index is 13.8. The van der Waals surface area contributed by atoms with Crippen molar-refractivity contribution in [1.82, 2.24) is 14.7 Å². The zero-order valence-corrected chi connectivity index (χ0v) is 13.1. The Bertz CT molecular complexity index is 816. The molecule has 0 aliphatic rings. The van der Waals surface area contributed by atoms with E-state index in [0.29, 0.717) is 0 Å². The van der Waals surface area contributed by atoms with E-state index in [1.54, 1.807) is 12.4 Å². The summed E-state index contributed by atoms with van der Waals surface area (Å²) < 4.78 is 45.3. The van der Waals surface area contributed by atoms with E-state index in [1.807, 2.05) is 4.72 Å². The summed E-state index contributed by atoms with van der Waals surface area (Å²) in [6, 6.07) is 7.28. The van der Waals surface area contributed by atoms with Crippen molar-refractivity contribution in [3.8, 4) is 0 Å². The molecule has 0 bridgehead atoms. The van der Waals surface area contributed by atoms with Crippen LogP contribution < -0.4 is 10.0 Å². The fourth-order valence-electron chi connectivity index (χ4n) is 1.97. The van der Waals surface area contributed by atoms with Crippen molar-refractivity contribution < 1.29 is 22.2 Å². The molecule has 0 saturated heterocycles. The third-order valence-corrected chi connectivity index (χ3v) is 3.57. The second kappa shape index (κ2) is 7.90. The van der Waals surface area contributed by atoms with Gasteiger partial charge >= 0.3 is 10.3 Å². The summed E-state index contributed by atoms with van der Waals surface area (Å²) in [6.45, 7) is 0.00137. The Morgan fingerprint density at radius 1 is 1.25 bits per heavy atom. The van der Waals surface area contributed by atoms with Crippen LogP contribution in [0.5, 0.6) is 0 Å². The lowest BCUT2D eigenvalue weighted by Gasteiger charge is -2.12. The fourth-order valence-corrected chi connectivity index (χ4v) is 2.33. The van der Waals surface area contributed by atoms with Gasteiger partial charge in [0.2, 0.25) is 12.2 Å². The highest BCUT2D eigenvalue weighted by Gasteiger charge is 2.19. The highest BCUT2D eigenvalue weighted by molar-refractivity contribution is 7.83. The molecule has 3 N–H and O–H groups in total. The standard InChI is InChI=1S/C14H14FN4O4S/c15-12-4-2-1-3-10(12)11(9-20)13-5-6-16-14(19-13)17-7-8-18-24(21,22)23/h1-6,11,18H,7-8H2,(H,16,17,19)(H,21,22,23). The van der Waals surface area contributed by atoms with Gasteiger partial charge in [-0.15, -0.1) is 0 Å². The lowest BCUT2D eigenvalue weighted by atomic mass is 9.96. The zero-order chi connectivity index (χ0) is 17.6. The molecule has 1 unspecified atom stereocenters. The van der Waals surface area contributed by atoms with Crippen LogP contribution in [0.3, 0.4) is 0 Å². The van der Waals surface area contributed by atoms with E-state index in [4.69, 9.17) is 4.55 Å². The molecule has 0 aliphatic carbocycles. The molecule has 0 aliphatic heterocycles. The van der Waals surface area contributed by atoms with Crippen molar-refractivity contribution in [2.75, 3.05) is 18.4 Å². The van der Waals surface area contributed by atoms with Crippen molar-refractivity contribution in [3.05, 3.63) is 53.6 Å². The fraction of sp³-hybridized carbons (Fsp3) is 0.214. The Morgan fingerprint density at radius 2 is 2.00 bits per heavy atom. The molecule has 10 heteroatoms. The van der Waals surface area contributed by atoms with Crippen molar-refractivity contribution in [1.29, 1.82) is 0 Å². The van der Waals surface area contributed by atoms with Gasteiger partial charge in [0.15, 0.2) is 0 Å². The number of rotatable bonds is 8. The van der Waals surface area contributed by atoms with Crippen molar-refractivity contribution >= 4 is 22.5 Å². The van der Waals surface area contributed by atoms with Crippen LogP contribution in [0.2, 0.25) is 0 Å². The normalized spacial score (nSPS) is 12.6. The zero-order valence-electron chi connectivity index (χ0n) is 12.3. The molecule has 2 aromatic rings. The van der Waals surface area contributed by atoms with Crippen molar-refractivity contribution in [2.45, 2.75) is 5.92 Å². The quantitative estimate of drug-likeness (QED) is 0.471. The summed E-state index contributed by atoms with van der Waals surface area (Å²) >= 11 is 0. The third kappa shape index (κ3) is 5.05. The Balaban J connectivity index is 2.11. The first-order valence-corrected chi connectivity index (χ1v) is 8.25. The second-order valence-electron chi connectivity index (χ2n) is 4.67. The lowest BCUT2D eigenvalue weighted by Crippen LogP contribution is -2.28. The van der Waals surface area contributed by atoms with Crippen LogP contribution in [0.15, 0.2) is 36.5 Å². The van der Waals surface area contributed by atoms with Crippen LogP contribution in [0.25, 0.3) is 0 Å².